The van der Waals surface area contributed by atoms with Crippen molar-refractivity contribution >= 4 is 39.2 Å². The zero-order valence-electron chi connectivity index (χ0n) is 14.8. The van der Waals surface area contributed by atoms with Gasteiger partial charge in [-0.1, -0.05) is 11.6 Å². The molecule has 0 radical (unpaired) electrons. The summed E-state index contributed by atoms with van der Waals surface area (Å²) in [4.78, 5) is 37.5. The number of hydrogen-bond donors (Lipinski definition) is 2. The highest BCUT2D eigenvalue weighted by molar-refractivity contribution is 7.90. The first-order valence-electron chi connectivity index (χ1n) is 7.71. The van der Waals surface area contributed by atoms with Crippen molar-refractivity contribution in [2.24, 2.45) is 0 Å². The lowest BCUT2D eigenvalue weighted by Crippen LogP contribution is -2.49. The highest BCUT2D eigenvalue weighted by Crippen LogP contribution is 2.10. The van der Waals surface area contributed by atoms with Gasteiger partial charge in [0.25, 0.3) is 5.91 Å². The first-order valence-corrected chi connectivity index (χ1v) is 10.2. The molecular formula is C16H22ClN3O5S. The normalized spacial score (nSPS) is 12.2. The summed E-state index contributed by atoms with van der Waals surface area (Å²) < 4.78 is 22.8. The highest BCUT2D eigenvalue weighted by Gasteiger charge is 2.23. The molecule has 2 N–H and O–H groups in total. The molecule has 1 aromatic carbocycles. The molecule has 8 nitrogen and oxygen atoms in total. The summed E-state index contributed by atoms with van der Waals surface area (Å²) in [5.41, 5.74) is 0.274. The Kier molecular flexibility index (Phi) is 8.04. The van der Waals surface area contributed by atoms with Crippen LogP contribution < -0.4 is 10.6 Å². The number of nitrogens with one attached hydrogen (secondary N) is 2. The van der Waals surface area contributed by atoms with E-state index in [2.05, 4.69) is 10.6 Å². The molecule has 0 saturated heterocycles. The molecule has 26 heavy (non-hydrogen) atoms. The standard InChI is InChI=1S/C16H22ClN3O5S/c1-20(2)14(21)10-18-16(23)13(8-9-26(3,24)25)19-15(22)11-4-6-12(17)7-5-11/h4-7,13H,8-10H2,1-3H3,(H,18,23)(H,19,22)/t13-/m1/s1. The molecular weight excluding hydrogens is 382 g/mol. The van der Waals surface area contributed by atoms with Crippen LogP contribution in [0.5, 0.6) is 0 Å². The van der Waals surface area contributed by atoms with Gasteiger partial charge in [0.1, 0.15) is 15.9 Å². The van der Waals surface area contributed by atoms with Crippen LogP contribution in [0.15, 0.2) is 24.3 Å². The summed E-state index contributed by atoms with van der Waals surface area (Å²) in [6, 6.07) is 4.93. The average Bonchev–Trinajstić information content (AvgIpc) is 2.55. The van der Waals surface area contributed by atoms with Gasteiger partial charge in [0.05, 0.1) is 12.3 Å². The van der Waals surface area contributed by atoms with Crippen LogP contribution in [0.25, 0.3) is 0 Å². The van der Waals surface area contributed by atoms with Crippen LogP contribution in [0.4, 0.5) is 0 Å². The van der Waals surface area contributed by atoms with Crippen molar-refractivity contribution in [3.05, 3.63) is 34.9 Å². The number of likely N-dealkylation sites (N-methyl/N-ethyl adjacent to an activating group) is 1. The summed E-state index contributed by atoms with van der Waals surface area (Å²) in [5, 5.41) is 5.35. The van der Waals surface area contributed by atoms with E-state index in [1.165, 1.54) is 43.3 Å². The minimum absolute atomic E-state index is 0.111. The van der Waals surface area contributed by atoms with Crippen molar-refractivity contribution in [1.29, 1.82) is 0 Å². The molecule has 10 heteroatoms. The van der Waals surface area contributed by atoms with E-state index in [-0.39, 0.29) is 30.2 Å². The lowest BCUT2D eigenvalue weighted by Gasteiger charge is -2.19. The number of nitrogens with zero attached hydrogens (tertiary/aromatic N) is 1. The molecule has 0 aromatic heterocycles. The van der Waals surface area contributed by atoms with Crippen molar-refractivity contribution in [3.63, 3.8) is 0 Å². The van der Waals surface area contributed by atoms with Crippen LogP contribution in [0, 0.1) is 0 Å². The van der Waals surface area contributed by atoms with Gasteiger partial charge in [-0.25, -0.2) is 8.42 Å². The highest BCUT2D eigenvalue weighted by atomic mass is 35.5. The number of sulfone groups is 1. The Labute approximate surface area is 157 Å². The van der Waals surface area contributed by atoms with E-state index >= 15 is 0 Å². The number of carbonyl (C=O) groups is 3. The minimum Gasteiger partial charge on any atom is -0.347 e. The number of hydrogen-bond acceptors (Lipinski definition) is 5. The monoisotopic (exact) mass is 403 g/mol. The topological polar surface area (TPSA) is 113 Å². The molecule has 1 atom stereocenters. The second-order valence-electron chi connectivity index (χ2n) is 5.96. The van der Waals surface area contributed by atoms with Gasteiger partial charge in [-0.15, -0.1) is 0 Å². The van der Waals surface area contributed by atoms with E-state index in [0.717, 1.165) is 6.26 Å². The third kappa shape index (κ3) is 7.83. The molecule has 3 amide bonds. The molecule has 0 aliphatic heterocycles. The van der Waals surface area contributed by atoms with Crippen molar-refractivity contribution in [2.75, 3.05) is 32.6 Å². The van der Waals surface area contributed by atoms with Crippen LogP contribution in [0.3, 0.4) is 0 Å². The Morgan fingerprint density at radius 2 is 1.73 bits per heavy atom. The Balaban J connectivity index is 2.82. The van der Waals surface area contributed by atoms with Gasteiger partial charge < -0.3 is 15.5 Å². The molecule has 0 bridgehead atoms. The Morgan fingerprint density at radius 3 is 2.23 bits per heavy atom. The predicted octanol–water partition coefficient (Wildman–Crippen LogP) is 0.0775. The zero-order chi connectivity index (χ0) is 19.9. The fourth-order valence-electron chi connectivity index (χ4n) is 1.89. The summed E-state index contributed by atoms with van der Waals surface area (Å²) >= 11 is 5.77. The Bertz CT molecular complexity index is 763. The van der Waals surface area contributed by atoms with E-state index in [1.807, 2.05) is 0 Å². The maximum absolute atomic E-state index is 12.3. The number of amides is 3. The summed E-state index contributed by atoms with van der Waals surface area (Å²) in [7, 11) is -0.248. The van der Waals surface area contributed by atoms with Gasteiger partial charge in [-0.3, -0.25) is 14.4 Å². The van der Waals surface area contributed by atoms with Gasteiger partial charge in [0, 0.05) is 30.9 Å². The van der Waals surface area contributed by atoms with E-state index in [9.17, 15) is 22.8 Å². The number of halogens is 1. The smallest absolute Gasteiger partial charge is 0.251 e. The van der Waals surface area contributed by atoms with E-state index in [0.29, 0.717) is 5.02 Å². The summed E-state index contributed by atoms with van der Waals surface area (Å²) in [5.74, 6) is -1.79. The fourth-order valence-corrected chi connectivity index (χ4v) is 2.68. The first kappa shape index (κ1) is 21.9. The van der Waals surface area contributed by atoms with Gasteiger partial charge in [-0.05, 0) is 30.7 Å². The Hall–Kier alpha value is -2.13. The van der Waals surface area contributed by atoms with Gasteiger partial charge in [-0.2, -0.15) is 0 Å². The third-order valence-electron chi connectivity index (χ3n) is 3.42. The maximum Gasteiger partial charge on any atom is 0.251 e. The molecule has 0 heterocycles. The van der Waals surface area contributed by atoms with Gasteiger partial charge >= 0.3 is 0 Å². The number of carbonyl (C=O) groups excluding carboxylic acids is 3. The summed E-state index contributed by atoms with van der Waals surface area (Å²) in [6.45, 7) is -0.252. The SMILES string of the molecule is CN(C)C(=O)CNC(=O)[C@@H](CCS(C)(=O)=O)NC(=O)c1ccc(Cl)cc1. The quantitative estimate of drug-likeness (QED) is 0.638. The Morgan fingerprint density at radius 1 is 1.15 bits per heavy atom. The van der Waals surface area contributed by atoms with Crippen molar-refractivity contribution < 1.29 is 22.8 Å². The van der Waals surface area contributed by atoms with Crippen LogP contribution in [-0.4, -0.2) is 69.7 Å². The zero-order valence-corrected chi connectivity index (χ0v) is 16.4. The largest absolute Gasteiger partial charge is 0.347 e. The molecule has 1 aromatic rings. The minimum atomic E-state index is -3.33. The van der Waals surface area contributed by atoms with Crippen LogP contribution >= 0.6 is 11.6 Å². The lowest BCUT2D eigenvalue weighted by molar-refractivity contribution is -0.131. The van der Waals surface area contributed by atoms with Gasteiger partial charge in [0.2, 0.25) is 11.8 Å². The van der Waals surface area contributed by atoms with E-state index in [1.54, 1.807) is 0 Å². The van der Waals surface area contributed by atoms with Gasteiger partial charge in [0.15, 0.2) is 0 Å². The number of benzene rings is 1. The van der Waals surface area contributed by atoms with Crippen molar-refractivity contribution in [3.8, 4) is 0 Å². The molecule has 144 valence electrons. The molecule has 0 aliphatic rings. The fraction of sp³-hybridized carbons (Fsp3) is 0.438. The molecule has 0 spiro atoms. The summed E-state index contributed by atoms with van der Waals surface area (Å²) in [6.07, 6.45) is 0.929. The molecule has 1 rings (SSSR count). The molecule has 0 fully saturated rings. The number of rotatable bonds is 8. The van der Waals surface area contributed by atoms with Crippen LogP contribution in [-0.2, 0) is 19.4 Å². The van der Waals surface area contributed by atoms with Crippen molar-refractivity contribution in [2.45, 2.75) is 12.5 Å². The van der Waals surface area contributed by atoms with Crippen LogP contribution in [0.2, 0.25) is 5.02 Å². The van der Waals surface area contributed by atoms with Crippen LogP contribution in [0.1, 0.15) is 16.8 Å². The first-order chi connectivity index (χ1) is 12.0. The second-order valence-corrected chi connectivity index (χ2v) is 8.65. The maximum atomic E-state index is 12.3. The molecule has 0 aliphatic carbocycles. The molecule has 0 saturated carbocycles. The predicted molar refractivity (Wildman–Crippen MR) is 98.7 cm³/mol. The van der Waals surface area contributed by atoms with E-state index in [4.69, 9.17) is 11.6 Å². The van der Waals surface area contributed by atoms with E-state index < -0.39 is 27.7 Å². The van der Waals surface area contributed by atoms with Crippen molar-refractivity contribution in [1.82, 2.24) is 15.5 Å². The third-order valence-corrected chi connectivity index (χ3v) is 4.65. The average molecular weight is 404 g/mol. The molecule has 0 unspecified atom stereocenters. The second kappa shape index (κ2) is 9.54. The lowest BCUT2D eigenvalue weighted by atomic mass is 10.1.